The molecule has 0 atom stereocenters. The van der Waals surface area contributed by atoms with Crippen molar-refractivity contribution in [2.24, 2.45) is 0 Å². The fourth-order valence-electron chi connectivity index (χ4n) is 3.41. The molecule has 3 rings (SSSR count). The van der Waals surface area contributed by atoms with Crippen molar-refractivity contribution in [1.29, 1.82) is 0 Å². The van der Waals surface area contributed by atoms with Crippen molar-refractivity contribution in [2.45, 2.75) is 13.3 Å². The second-order valence-corrected chi connectivity index (χ2v) is 10.1. The van der Waals surface area contributed by atoms with Crippen molar-refractivity contribution in [3.63, 3.8) is 0 Å². The van der Waals surface area contributed by atoms with Crippen LogP contribution < -0.4 is 15.9 Å². The predicted octanol–water partition coefficient (Wildman–Crippen LogP) is 3.98. The lowest BCUT2D eigenvalue weighted by Gasteiger charge is -2.27. The predicted molar refractivity (Wildman–Crippen MR) is 116 cm³/mol. The first-order valence-corrected chi connectivity index (χ1v) is 11.4. The fraction of sp³-hybridized carbons (Fsp3) is 0.208. The van der Waals surface area contributed by atoms with Crippen molar-refractivity contribution >= 4 is 29.0 Å². The second-order valence-electron chi connectivity index (χ2n) is 6.57. The highest BCUT2D eigenvalue weighted by Crippen LogP contribution is 2.55. The molecule has 0 saturated carbocycles. The summed E-state index contributed by atoms with van der Waals surface area (Å²) in [5.41, 5.74) is 0. The van der Waals surface area contributed by atoms with Crippen molar-refractivity contribution < 1.29 is 9.53 Å². The van der Waals surface area contributed by atoms with Crippen molar-refractivity contribution in [3.8, 4) is 0 Å². The third kappa shape index (κ3) is 4.53. The smallest absolute Gasteiger partial charge is 0.196 e. The lowest BCUT2D eigenvalue weighted by atomic mass is 10.3. The molecule has 0 unspecified atom stereocenters. The lowest BCUT2D eigenvalue weighted by molar-refractivity contribution is -0.121. The molecule has 0 heterocycles. The van der Waals surface area contributed by atoms with E-state index in [1.54, 1.807) is 0 Å². The summed E-state index contributed by atoms with van der Waals surface area (Å²) in [4.78, 5) is 13.0. The number of carbonyl (C=O) groups excluding carboxylic acids is 1. The van der Waals surface area contributed by atoms with Gasteiger partial charge in [0.25, 0.3) is 0 Å². The third-order valence-corrected chi connectivity index (χ3v) is 8.98. The minimum Gasteiger partial charge on any atom is -0.374 e. The Morgan fingerprint density at radius 1 is 0.741 bits per heavy atom. The average molecular weight is 377 g/mol. The summed E-state index contributed by atoms with van der Waals surface area (Å²) in [5.74, 6) is 0.161. The van der Waals surface area contributed by atoms with E-state index >= 15 is 0 Å². The highest BCUT2D eigenvalue weighted by Gasteiger charge is 2.46. The number of rotatable bonds is 9. The molecule has 0 spiro atoms. The first-order valence-electron chi connectivity index (χ1n) is 9.41. The molecule has 2 nitrogen and oxygen atoms in total. The van der Waals surface area contributed by atoms with Gasteiger partial charge in [-0.3, -0.25) is 4.79 Å². The average Bonchev–Trinajstić information content (AvgIpc) is 2.74. The minimum absolute atomic E-state index is 0.161. The molecule has 0 aliphatic carbocycles. The zero-order chi connectivity index (χ0) is 19.0. The highest BCUT2D eigenvalue weighted by molar-refractivity contribution is 7.96. The SMILES string of the molecule is CCCOCC(=O)C[P+](c1ccccc1)(c1ccccc1)c1ccccc1. The van der Waals surface area contributed by atoms with Crippen LogP contribution in [-0.4, -0.2) is 25.2 Å². The van der Waals surface area contributed by atoms with E-state index in [1.165, 1.54) is 15.9 Å². The van der Waals surface area contributed by atoms with Gasteiger partial charge in [0, 0.05) is 6.61 Å². The van der Waals surface area contributed by atoms with E-state index in [-0.39, 0.29) is 12.4 Å². The van der Waals surface area contributed by atoms with E-state index < -0.39 is 7.26 Å². The third-order valence-electron chi connectivity index (χ3n) is 4.62. The normalized spacial score (nSPS) is 11.3. The summed E-state index contributed by atoms with van der Waals surface area (Å²) in [6, 6.07) is 31.4. The van der Waals surface area contributed by atoms with Crippen LogP contribution in [0.4, 0.5) is 0 Å². The van der Waals surface area contributed by atoms with Crippen molar-refractivity contribution in [3.05, 3.63) is 91.0 Å². The largest absolute Gasteiger partial charge is 0.374 e. The Morgan fingerprint density at radius 2 is 1.15 bits per heavy atom. The Labute approximate surface area is 162 Å². The molecule has 3 heteroatoms. The van der Waals surface area contributed by atoms with Crippen LogP contribution >= 0.6 is 7.26 Å². The summed E-state index contributed by atoms with van der Waals surface area (Å²) in [6.07, 6.45) is 1.40. The number of hydrogen-bond donors (Lipinski definition) is 0. The number of ketones is 1. The molecule has 0 N–H and O–H groups in total. The maximum absolute atomic E-state index is 13.0. The van der Waals surface area contributed by atoms with Crippen LogP contribution in [0.1, 0.15) is 13.3 Å². The molecule has 27 heavy (non-hydrogen) atoms. The molecule has 138 valence electrons. The molecule has 0 aliphatic heterocycles. The monoisotopic (exact) mass is 377 g/mol. The maximum atomic E-state index is 13.0. The number of benzene rings is 3. The summed E-state index contributed by atoms with van der Waals surface area (Å²) in [5, 5.41) is 3.68. The van der Waals surface area contributed by atoms with Crippen LogP contribution in [0, 0.1) is 0 Å². The lowest BCUT2D eigenvalue weighted by Crippen LogP contribution is -2.36. The Kier molecular flexibility index (Phi) is 6.92. The van der Waals surface area contributed by atoms with E-state index in [2.05, 4.69) is 79.7 Å². The molecule has 0 saturated heterocycles. The summed E-state index contributed by atoms with van der Waals surface area (Å²) in [7, 11) is -2.09. The Bertz CT molecular complexity index is 735. The fourth-order valence-corrected chi connectivity index (χ4v) is 7.51. The van der Waals surface area contributed by atoms with Crippen LogP contribution in [-0.2, 0) is 9.53 Å². The van der Waals surface area contributed by atoms with Crippen molar-refractivity contribution in [2.75, 3.05) is 19.4 Å². The van der Waals surface area contributed by atoms with Gasteiger partial charge >= 0.3 is 0 Å². The van der Waals surface area contributed by atoms with Gasteiger partial charge in [-0.15, -0.1) is 0 Å². The molecule has 0 radical (unpaired) electrons. The van der Waals surface area contributed by atoms with Gasteiger partial charge in [-0.2, -0.15) is 0 Å². The van der Waals surface area contributed by atoms with E-state index in [0.29, 0.717) is 12.8 Å². The quantitative estimate of drug-likeness (QED) is 0.417. The maximum Gasteiger partial charge on any atom is 0.196 e. The summed E-state index contributed by atoms with van der Waals surface area (Å²) in [6.45, 7) is 2.86. The van der Waals surface area contributed by atoms with Crippen LogP contribution in [0.15, 0.2) is 91.0 Å². The number of hydrogen-bond acceptors (Lipinski definition) is 2. The highest BCUT2D eigenvalue weighted by atomic mass is 31.2. The summed E-state index contributed by atoms with van der Waals surface area (Å²) < 4.78 is 5.57. The zero-order valence-electron chi connectivity index (χ0n) is 15.8. The van der Waals surface area contributed by atoms with Gasteiger partial charge in [0.1, 0.15) is 35.9 Å². The van der Waals surface area contributed by atoms with Gasteiger partial charge in [0.2, 0.25) is 0 Å². The number of carbonyl (C=O) groups is 1. The van der Waals surface area contributed by atoms with Gasteiger partial charge in [-0.05, 0) is 42.8 Å². The summed E-state index contributed by atoms with van der Waals surface area (Å²) >= 11 is 0. The second kappa shape index (κ2) is 9.60. The van der Waals surface area contributed by atoms with E-state index in [0.717, 1.165) is 6.42 Å². The number of ether oxygens (including phenoxy) is 1. The van der Waals surface area contributed by atoms with Gasteiger partial charge in [-0.1, -0.05) is 61.5 Å². The molecule has 0 aromatic heterocycles. The van der Waals surface area contributed by atoms with Crippen LogP contribution in [0.25, 0.3) is 0 Å². The van der Waals surface area contributed by atoms with E-state index in [4.69, 9.17) is 4.74 Å². The van der Waals surface area contributed by atoms with E-state index in [9.17, 15) is 4.79 Å². The van der Waals surface area contributed by atoms with Crippen LogP contribution in [0.3, 0.4) is 0 Å². The van der Waals surface area contributed by atoms with Crippen molar-refractivity contribution in [1.82, 2.24) is 0 Å². The molecule has 0 bridgehead atoms. The van der Waals surface area contributed by atoms with Gasteiger partial charge in [-0.25, -0.2) is 0 Å². The first-order chi connectivity index (χ1) is 13.3. The van der Waals surface area contributed by atoms with Crippen LogP contribution in [0.5, 0.6) is 0 Å². The molecule has 0 fully saturated rings. The Balaban J connectivity index is 2.12. The molecular formula is C24H26O2P+. The van der Waals surface area contributed by atoms with Gasteiger partial charge in [0.15, 0.2) is 5.78 Å². The molecular weight excluding hydrogens is 351 g/mol. The Hall–Kier alpha value is -2.28. The molecule has 0 amide bonds. The standard InChI is InChI=1S/C24H26O2P/c1-2-18-26-19-21(25)20-27(22-12-6-3-7-13-22,23-14-8-4-9-15-23)24-16-10-5-11-17-24/h3-17H,2,18-20H2,1H3/q+1. The first kappa shape index (κ1) is 19.5. The molecule has 3 aromatic rings. The van der Waals surface area contributed by atoms with Crippen LogP contribution in [0.2, 0.25) is 0 Å². The topological polar surface area (TPSA) is 26.3 Å². The molecule has 3 aromatic carbocycles. The zero-order valence-corrected chi connectivity index (χ0v) is 16.6. The minimum atomic E-state index is -2.09. The van der Waals surface area contributed by atoms with E-state index in [1.807, 2.05) is 18.2 Å². The van der Waals surface area contributed by atoms with Gasteiger partial charge in [0.05, 0.1) is 0 Å². The number of Topliss-reactive ketones (excluding diaryl/α,β-unsaturated/α-hetero) is 1. The van der Waals surface area contributed by atoms with Gasteiger partial charge < -0.3 is 4.74 Å². The Morgan fingerprint density at radius 3 is 1.52 bits per heavy atom. The molecule has 0 aliphatic rings.